The molecule has 0 radical (unpaired) electrons. The van der Waals surface area contributed by atoms with Crippen molar-refractivity contribution < 1.29 is 4.79 Å². The van der Waals surface area contributed by atoms with Gasteiger partial charge in [-0.05, 0) is 30.4 Å². The number of halogens is 1. The smallest absolute Gasteiger partial charge is 0.243 e. The summed E-state index contributed by atoms with van der Waals surface area (Å²) in [5.74, 6) is -0.0981. The van der Waals surface area contributed by atoms with E-state index in [1.165, 1.54) is 11.3 Å². The molecule has 1 N–H and O–H groups in total. The lowest BCUT2D eigenvalue weighted by Crippen LogP contribution is -2.27. The minimum atomic E-state index is -0.540. The average Bonchev–Trinajstić information content (AvgIpc) is 2.59. The summed E-state index contributed by atoms with van der Waals surface area (Å²) in [6.45, 7) is 4.67. The molecular weight excluding hydrogens is 218 g/mol. The number of aryl methyl sites for hydroxylation is 1. The van der Waals surface area contributed by atoms with Crippen LogP contribution in [0, 0.1) is 6.92 Å². The van der Waals surface area contributed by atoms with Gasteiger partial charge in [-0.15, -0.1) is 22.9 Å². The van der Waals surface area contributed by atoms with E-state index in [2.05, 4.69) is 5.32 Å². The maximum absolute atomic E-state index is 11.5. The van der Waals surface area contributed by atoms with Crippen LogP contribution in [0.1, 0.15) is 29.2 Å². The molecule has 1 atom stereocenters. The van der Waals surface area contributed by atoms with Crippen molar-refractivity contribution in [2.24, 2.45) is 0 Å². The molecule has 0 aromatic carbocycles. The highest BCUT2D eigenvalue weighted by molar-refractivity contribution is 7.10. The number of carbonyl (C=O) groups is 1. The molecule has 0 aliphatic carbocycles. The topological polar surface area (TPSA) is 29.1 Å². The summed E-state index contributed by atoms with van der Waals surface area (Å²) in [5, 5.41) is 4.19. The molecule has 1 aromatic rings. The summed E-state index contributed by atoms with van der Waals surface area (Å²) in [6.07, 6.45) is 0.929. The molecule has 2 nitrogen and oxygen atoms in total. The first kappa shape index (κ1) is 11.5. The van der Waals surface area contributed by atoms with E-state index in [9.17, 15) is 4.79 Å². The van der Waals surface area contributed by atoms with Crippen LogP contribution in [0.5, 0.6) is 0 Å². The third-order valence-corrected chi connectivity index (χ3v) is 3.54. The molecule has 1 heterocycles. The Kier molecular flexibility index (Phi) is 4.42. The van der Waals surface area contributed by atoms with Crippen molar-refractivity contribution in [3.63, 3.8) is 0 Å². The van der Waals surface area contributed by atoms with E-state index in [-0.39, 0.29) is 5.91 Å². The Morgan fingerprint density at radius 2 is 2.43 bits per heavy atom. The molecule has 1 unspecified atom stereocenters. The average molecular weight is 232 g/mol. The molecule has 0 saturated heterocycles. The van der Waals surface area contributed by atoms with E-state index < -0.39 is 5.38 Å². The number of rotatable bonds is 4. The lowest BCUT2D eigenvalue weighted by Gasteiger charge is -2.08. The van der Waals surface area contributed by atoms with E-state index in [1.54, 1.807) is 0 Å². The SMILES string of the molecule is CCCNC(=O)C(Cl)c1sccc1C. The zero-order valence-electron chi connectivity index (χ0n) is 8.34. The number of nitrogens with one attached hydrogen (secondary N) is 1. The van der Waals surface area contributed by atoms with Crippen molar-refractivity contribution in [1.29, 1.82) is 0 Å². The van der Waals surface area contributed by atoms with E-state index in [0.717, 1.165) is 16.9 Å². The molecule has 14 heavy (non-hydrogen) atoms. The second kappa shape index (κ2) is 5.37. The van der Waals surface area contributed by atoms with E-state index in [0.29, 0.717) is 6.54 Å². The zero-order valence-corrected chi connectivity index (χ0v) is 9.91. The van der Waals surface area contributed by atoms with Crippen LogP contribution in [0.3, 0.4) is 0 Å². The van der Waals surface area contributed by atoms with Gasteiger partial charge in [0.2, 0.25) is 5.91 Å². The van der Waals surface area contributed by atoms with Crippen molar-refractivity contribution in [3.8, 4) is 0 Å². The normalized spacial score (nSPS) is 12.5. The van der Waals surface area contributed by atoms with Gasteiger partial charge in [-0.25, -0.2) is 0 Å². The van der Waals surface area contributed by atoms with Crippen molar-refractivity contribution in [1.82, 2.24) is 5.32 Å². The summed E-state index contributed by atoms with van der Waals surface area (Å²) >= 11 is 7.56. The lowest BCUT2D eigenvalue weighted by atomic mass is 10.2. The predicted octanol–water partition coefficient (Wildman–Crippen LogP) is 2.86. The fourth-order valence-corrected chi connectivity index (χ4v) is 2.40. The highest BCUT2D eigenvalue weighted by Crippen LogP contribution is 2.28. The Morgan fingerprint density at radius 1 is 1.71 bits per heavy atom. The Bertz CT molecular complexity index is 311. The first-order chi connectivity index (χ1) is 6.66. The molecule has 0 spiro atoms. The molecule has 0 fully saturated rings. The maximum atomic E-state index is 11.5. The molecule has 0 aliphatic heterocycles. The van der Waals surface area contributed by atoms with Gasteiger partial charge in [0.05, 0.1) is 0 Å². The molecule has 1 amide bonds. The van der Waals surface area contributed by atoms with Crippen LogP contribution in [0.15, 0.2) is 11.4 Å². The van der Waals surface area contributed by atoms with Gasteiger partial charge >= 0.3 is 0 Å². The van der Waals surface area contributed by atoms with Crippen molar-refractivity contribution >= 4 is 28.8 Å². The molecule has 0 saturated carbocycles. The number of hydrogen-bond acceptors (Lipinski definition) is 2. The fraction of sp³-hybridized carbons (Fsp3) is 0.500. The largest absolute Gasteiger partial charge is 0.355 e. The van der Waals surface area contributed by atoms with Gasteiger partial charge in [0, 0.05) is 11.4 Å². The number of hydrogen-bond donors (Lipinski definition) is 1. The van der Waals surface area contributed by atoms with Crippen LogP contribution in [-0.2, 0) is 4.79 Å². The molecular formula is C10H14ClNOS. The zero-order chi connectivity index (χ0) is 10.6. The second-order valence-corrected chi connectivity index (χ2v) is 4.51. The minimum absolute atomic E-state index is 0.0981. The summed E-state index contributed by atoms with van der Waals surface area (Å²) in [6, 6.07) is 1.97. The van der Waals surface area contributed by atoms with E-state index in [1.807, 2.05) is 25.3 Å². The number of alkyl halides is 1. The number of carbonyl (C=O) groups excluding carboxylic acids is 1. The van der Waals surface area contributed by atoms with Crippen LogP contribution >= 0.6 is 22.9 Å². The van der Waals surface area contributed by atoms with Crippen LogP contribution in [0.25, 0.3) is 0 Å². The van der Waals surface area contributed by atoms with Crippen LogP contribution in [0.4, 0.5) is 0 Å². The quantitative estimate of drug-likeness (QED) is 0.794. The summed E-state index contributed by atoms with van der Waals surface area (Å²) in [5.41, 5.74) is 1.08. The first-order valence-corrected chi connectivity index (χ1v) is 5.94. The van der Waals surface area contributed by atoms with Gasteiger partial charge in [0.15, 0.2) is 0 Å². The predicted molar refractivity (Wildman–Crippen MR) is 61.0 cm³/mol. The van der Waals surface area contributed by atoms with E-state index >= 15 is 0 Å². The molecule has 78 valence electrons. The summed E-state index contributed by atoms with van der Waals surface area (Å²) < 4.78 is 0. The minimum Gasteiger partial charge on any atom is -0.355 e. The second-order valence-electron chi connectivity index (χ2n) is 3.12. The lowest BCUT2D eigenvalue weighted by molar-refractivity contribution is -0.120. The third kappa shape index (κ3) is 2.72. The van der Waals surface area contributed by atoms with Crippen molar-refractivity contribution in [2.75, 3.05) is 6.54 Å². The monoisotopic (exact) mass is 231 g/mol. The van der Waals surface area contributed by atoms with Gasteiger partial charge in [-0.1, -0.05) is 6.92 Å². The first-order valence-electron chi connectivity index (χ1n) is 4.62. The highest BCUT2D eigenvalue weighted by Gasteiger charge is 2.19. The molecule has 1 aromatic heterocycles. The third-order valence-electron chi connectivity index (χ3n) is 1.91. The Hall–Kier alpha value is -0.540. The van der Waals surface area contributed by atoms with Gasteiger partial charge in [0.25, 0.3) is 0 Å². The van der Waals surface area contributed by atoms with Crippen molar-refractivity contribution in [2.45, 2.75) is 25.6 Å². The van der Waals surface area contributed by atoms with Gasteiger partial charge in [-0.2, -0.15) is 0 Å². The summed E-state index contributed by atoms with van der Waals surface area (Å²) in [4.78, 5) is 12.5. The molecule has 0 aliphatic rings. The Morgan fingerprint density at radius 3 is 2.93 bits per heavy atom. The number of thiophene rings is 1. The van der Waals surface area contributed by atoms with Crippen LogP contribution in [-0.4, -0.2) is 12.5 Å². The van der Waals surface area contributed by atoms with Crippen molar-refractivity contribution in [3.05, 3.63) is 21.9 Å². The number of amides is 1. The summed E-state index contributed by atoms with van der Waals surface area (Å²) in [7, 11) is 0. The highest BCUT2D eigenvalue weighted by atomic mass is 35.5. The maximum Gasteiger partial charge on any atom is 0.243 e. The van der Waals surface area contributed by atoms with Crippen LogP contribution < -0.4 is 5.32 Å². The molecule has 1 rings (SSSR count). The Balaban J connectivity index is 2.61. The standard InChI is InChI=1S/C10H14ClNOS/c1-3-5-12-10(13)8(11)9-7(2)4-6-14-9/h4,6,8H,3,5H2,1-2H3,(H,12,13). The van der Waals surface area contributed by atoms with Gasteiger partial charge in [0.1, 0.15) is 5.38 Å². The molecule has 0 bridgehead atoms. The molecule has 4 heteroatoms. The van der Waals surface area contributed by atoms with Gasteiger partial charge in [-0.3, -0.25) is 4.79 Å². The Labute approximate surface area is 93.3 Å². The van der Waals surface area contributed by atoms with Crippen LogP contribution in [0.2, 0.25) is 0 Å². The fourth-order valence-electron chi connectivity index (χ4n) is 1.10. The van der Waals surface area contributed by atoms with Gasteiger partial charge < -0.3 is 5.32 Å². The van der Waals surface area contributed by atoms with E-state index in [4.69, 9.17) is 11.6 Å².